The fourth-order valence-corrected chi connectivity index (χ4v) is 2.09. The van der Waals surface area contributed by atoms with Gasteiger partial charge in [-0.05, 0) is 37.6 Å². The quantitative estimate of drug-likeness (QED) is 0.821. The number of nitrogens with zero attached hydrogens (tertiary/aromatic N) is 1. The van der Waals surface area contributed by atoms with Crippen LogP contribution in [0.5, 0.6) is 0 Å². The number of aryl methyl sites for hydroxylation is 1. The van der Waals surface area contributed by atoms with E-state index in [9.17, 15) is 13.2 Å². The van der Waals surface area contributed by atoms with Crippen LogP contribution in [0.25, 0.3) is 5.69 Å². The predicted octanol–water partition coefficient (Wildman–Crippen LogP) is 2.97. The molecule has 0 bridgehead atoms. The van der Waals surface area contributed by atoms with Crippen molar-refractivity contribution in [2.24, 2.45) is 5.73 Å². The number of hydrogen-bond donors (Lipinski definition) is 1. The average Bonchev–Trinajstić information content (AvgIpc) is 2.63. The molecule has 2 rings (SSSR count). The van der Waals surface area contributed by atoms with Crippen LogP contribution in [0.2, 0.25) is 0 Å². The third-order valence-corrected chi connectivity index (χ3v) is 3.01. The first-order chi connectivity index (χ1) is 8.47. The lowest BCUT2D eigenvalue weighted by molar-refractivity contribution is 0.444. The van der Waals surface area contributed by atoms with E-state index in [1.54, 1.807) is 19.9 Å². The lowest BCUT2D eigenvalue weighted by Crippen LogP contribution is -2.06. The Morgan fingerprint density at radius 2 is 1.78 bits per heavy atom. The minimum atomic E-state index is -1.46. The van der Waals surface area contributed by atoms with Crippen molar-refractivity contribution < 1.29 is 13.2 Å². The summed E-state index contributed by atoms with van der Waals surface area (Å²) in [5, 5.41) is 0. The second kappa shape index (κ2) is 4.49. The summed E-state index contributed by atoms with van der Waals surface area (Å²) in [6, 6.07) is 3.93. The molecule has 96 valence electrons. The molecule has 0 spiro atoms. The van der Waals surface area contributed by atoms with Gasteiger partial charge in [-0.1, -0.05) is 0 Å². The van der Waals surface area contributed by atoms with Crippen molar-refractivity contribution in [1.82, 2.24) is 4.57 Å². The number of nitrogens with two attached hydrogens (primary N) is 1. The maximum absolute atomic E-state index is 13.8. The van der Waals surface area contributed by atoms with Crippen LogP contribution in [0.4, 0.5) is 13.2 Å². The monoisotopic (exact) mass is 254 g/mol. The molecular formula is C13H13F3N2. The zero-order valence-corrected chi connectivity index (χ0v) is 10.1. The van der Waals surface area contributed by atoms with Gasteiger partial charge >= 0.3 is 0 Å². The molecule has 1 aromatic heterocycles. The van der Waals surface area contributed by atoms with E-state index in [4.69, 9.17) is 5.73 Å². The van der Waals surface area contributed by atoms with Gasteiger partial charge in [-0.15, -0.1) is 0 Å². The van der Waals surface area contributed by atoms with E-state index < -0.39 is 17.5 Å². The van der Waals surface area contributed by atoms with Crippen molar-refractivity contribution in [2.75, 3.05) is 0 Å². The zero-order chi connectivity index (χ0) is 13.4. The van der Waals surface area contributed by atoms with Crippen LogP contribution >= 0.6 is 0 Å². The highest BCUT2D eigenvalue weighted by molar-refractivity contribution is 5.42. The Bertz CT molecular complexity index is 603. The molecule has 0 aliphatic heterocycles. The molecule has 0 saturated heterocycles. The van der Waals surface area contributed by atoms with Crippen LogP contribution in [0, 0.1) is 31.3 Å². The molecule has 1 heterocycles. The van der Waals surface area contributed by atoms with Gasteiger partial charge in [0.1, 0.15) is 0 Å². The minimum absolute atomic E-state index is 0.0106. The zero-order valence-electron chi connectivity index (χ0n) is 10.1. The smallest absolute Gasteiger partial charge is 0.196 e. The van der Waals surface area contributed by atoms with Gasteiger partial charge < -0.3 is 10.3 Å². The number of aromatic nitrogens is 1. The molecule has 0 radical (unpaired) electrons. The molecule has 0 amide bonds. The van der Waals surface area contributed by atoms with E-state index in [1.165, 1.54) is 10.6 Å². The molecule has 18 heavy (non-hydrogen) atoms. The van der Waals surface area contributed by atoms with Gasteiger partial charge in [-0.25, -0.2) is 13.2 Å². The molecule has 2 aromatic rings. The highest BCUT2D eigenvalue weighted by Gasteiger charge is 2.18. The summed E-state index contributed by atoms with van der Waals surface area (Å²) in [4.78, 5) is 0. The summed E-state index contributed by atoms with van der Waals surface area (Å²) in [5.74, 6) is -3.85. The molecule has 2 N–H and O–H groups in total. The summed E-state index contributed by atoms with van der Waals surface area (Å²) in [5.41, 5.74) is 7.84. The van der Waals surface area contributed by atoms with Crippen molar-refractivity contribution in [3.05, 3.63) is 52.6 Å². The molecule has 0 aliphatic rings. The van der Waals surface area contributed by atoms with Gasteiger partial charge in [0.25, 0.3) is 0 Å². The van der Waals surface area contributed by atoms with Crippen molar-refractivity contribution in [1.29, 1.82) is 0 Å². The summed E-state index contributed by atoms with van der Waals surface area (Å²) >= 11 is 0. The number of rotatable bonds is 2. The topological polar surface area (TPSA) is 30.9 Å². The Labute approximate surface area is 103 Å². The second-order valence-electron chi connectivity index (χ2n) is 4.13. The summed E-state index contributed by atoms with van der Waals surface area (Å²) in [7, 11) is 0. The van der Waals surface area contributed by atoms with Crippen molar-refractivity contribution in [3.8, 4) is 5.69 Å². The normalized spacial score (nSPS) is 11.0. The van der Waals surface area contributed by atoms with Crippen LogP contribution in [-0.4, -0.2) is 4.57 Å². The highest BCUT2D eigenvalue weighted by Crippen LogP contribution is 2.25. The molecule has 0 aliphatic carbocycles. The van der Waals surface area contributed by atoms with Crippen LogP contribution in [0.15, 0.2) is 18.2 Å². The molecule has 0 fully saturated rings. The van der Waals surface area contributed by atoms with Crippen molar-refractivity contribution in [2.45, 2.75) is 20.4 Å². The molecule has 0 saturated carbocycles. The Hall–Kier alpha value is -1.75. The first-order valence-electron chi connectivity index (χ1n) is 5.49. The third-order valence-electron chi connectivity index (χ3n) is 3.01. The standard InChI is InChI=1S/C13H13F3N2/c1-7-5-9(6-17)8(2)18(7)11-4-3-10(14)12(15)13(11)16/h3-5H,6,17H2,1-2H3. The first kappa shape index (κ1) is 12.7. The highest BCUT2D eigenvalue weighted by atomic mass is 19.2. The molecular weight excluding hydrogens is 241 g/mol. The number of halogens is 3. The molecule has 0 unspecified atom stereocenters. The van der Waals surface area contributed by atoms with Crippen LogP contribution in [0.3, 0.4) is 0 Å². The fourth-order valence-electron chi connectivity index (χ4n) is 2.09. The van der Waals surface area contributed by atoms with E-state index in [2.05, 4.69) is 0 Å². The van der Waals surface area contributed by atoms with Gasteiger partial charge in [0.05, 0.1) is 5.69 Å². The number of hydrogen-bond acceptors (Lipinski definition) is 1. The van der Waals surface area contributed by atoms with E-state index >= 15 is 0 Å². The Morgan fingerprint density at radius 3 is 2.33 bits per heavy atom. The predicted molar refractivity (Wildman–Crippen MR) is 63.0 cm³/mol. The Kier molecular flexibility index (Phi) is 3.17. The molecule has 0 atom stereocenters. The summed E-state index contributed by atoms with van der Waals surface area (Å²) < 4.78 is 41.4. The van der Waals surface area contributed by atoms with Gasteiger partial charge in [-0.3, -0.25) is 0 Å². The van der Waals surface area contributed by atoms with Crippen LogP contribution in [0.1, 0.15) is 17.0 Å². The van der Waals surface area contributed by atoms with Crippen LogP contribution < -0.4 is 5.73 Å². The van der Waals surface area contributed by atoms with Crippen molar-refractivity contribution >= 4 is 0 Å². The lowest BCUT2D eigenvalue weighted by Gasteiger charge is -2.11. The lowest BCUT2D eigenvalue weighted by atomic mass is 10.2. The fraction of sp³-hybridized carbons (Fsp3) is 0.231. The van der Waals surface area contributed by atoms with E-state index in [-0.39, 0.29) is 5.69 Å². The molecule has 5 heteroatoms. The molecule has 2 nitrogen and oxygen atoms in total. The largest absolute Gasteiger partial charge is 0.326 e. The maximum atomic E-state index is 13.8. The van der Waals surface area contributed by atoms with E-state index in [0.717, 1.165) is 23.0 Å². The Morgan fingerprint density at radius 1 is 1.11 bits per heavy atom. The second-order valence-corrected chi connectivity index (χ2v) is 4.13. The van der Waals surface area contributed by atoms with Gasteiger partial charge in [0.15, 0.2) is 17.5 Å². The first-order valence-corrected chi connectivity index (χ1v) is 5.49. The SMILES string of the molecule is Cc1cc(CN)c(C)n1-c1ccc(F)c(F)c1F. The minimum Gasteiger partial charge on any atom is -0.326 e. The average molecular weight is 254 g/mol. The van der Waals surface area contributed by atoms with Gasteiger partial charge in [-0.2, -0.15) is 0 Å². The van der Waals surface area contributed by atoms with E-state index in [1.807, 2.05) is 0 Å². The summed E-state index contributed by atoms with van der Waals surface area (Å²) in [6.07, 6.45) is 0. The maximum Gasteiger partial charge on any atom is 0.196 e. The van der Waals surface area contributed by atoms with Gasteiger partial charge in [0.2, 0.25) is 0 Å². The molecule has 1 aromatic carbocycles. The summed E-state index contributed by atoms with van der Waals surface area (Å²) in [6.45, 7) is 3.83. The third kappa shape index (κ3) is 1.80. The Balaban J connectivity index is 2.70. The van der Waals surface area contributed by atoms with Gasteiger partial charge in [0, 0.05) is 17.9 Å². The van der Waals surface area contributed by atoms with E-state index in [0.29, 0.717) is 6.54 Å². The van der Waals surface area contributed by atoms with Crippen LogP contribution in [-0.2, 0) is 6.54 Å². The van der Waals surface area contributed by atoms with Crippen molar-refractivity contribution in [3.63, 3.8) is 0 Å². The number of benzene rings is 1.